The number of hydrogen-bond donors (Lipinski definition) is 4. The molecule has 4 N–H and O–H groups in total. The molecule has 0 fully saturated rings. The third-order valence-corrected chi connectivity index (χ3v) is 6.12. The fourth-order valence-corrected chi connectivity index (χ4v) is 4.33. The lowest BCUT2D eigenvalue weighted by atomic mass is 9.95. The molecule has 4 rings (SSSR count). The van der Waals surface area contributed by atoms with E-state index in [1.54, 1.807) is 38.4 Å². The Hall–Kier alpha value is -3.45. The van der Waals surface area contributed by atoms with Crippen LogP contribution in [0.3, 0.4) is 0 Å². The van der Waals surface area contributed by atoms with E-state index >= 15 is 0 Å². The maximum Gasteiger partial charge on any atom is 0.255 e. The molecule has 1 aromatic carbocycles. The number of aliphatic hydroxyl groups is 1. The van der Waals surface area contributed by atoms with Crippen molar-refractivity contribution in [1.82, 2.24) is 15.3 Å². The van der Waals surface area contributed by atoms with Crippen molar-refractivity contribution in [2.45, 2.75) is 51.6 Å². The summed E-state index contributed by atoms with van der Waals surface area (Å²) < 4.78 is 14.7. The fourth-order valence-electron chi connectivity index (χ4n) is 4.33. The topological polar surface area (TPSA) is 90.0 Å². The standard InChI is InChI=1S/C27H31FN4O2/c1-4-5-7-19-20(28)8-6-9-21(19)31-25-23-22(12-15-30-26(23)33)32-24(25)18-11-14-29-16-17(18)10-13-27(2,3)34/h4,6,8-9,11,14,16,31-32,34H,1,5,7,10,12-13,15H2,2-3H3,(H,30,33). The summed E-state index contributed by atoms with van der Waals surface area (Å²) in [7, 11) is 0. The van der Waals surface area contributed by atoms with Gasteiger partial charge in [-0.05, 0) is 63.3 Å². The highest BCUT2D eigenvalue weighted by molar-refractivity contribution is 6.06. The van der Waals surface area contributed by atoms with Crippen LogP contribution in [0.15, 0.2) is 49.3 Å². The Morgan fingerprint density at radius 3 is 2.88 bits per heavy atom. The number of nitrogens with zero attached hydrogens (tertiary/aromatic N) is 1. The van der Waals surface area contributed by atoms with E-state index in [1.807, 2.05) is 12.1 Å². The van der Waals surface area contributed by atoms with Gasteiger partial charge in [0.2, 0.25) is 0 Å². The number of halogens is 1. The number of allylic oxidation sites excluding steroid dienone is 1. The summed E-state index contributed by atoms with van der Waals surface area (Å²) in [4.78, 5) is 20.7. The van der Waals surface area contributed by atoms with E-state index < -0.39 is 5.60 Å². The molecular weight excluding hydrogens is 431 g/mol. The number of aromatic amines is 1. The third kappa shape index (κ3) is 5.04. The zero-order chi connectivity index (χ0) is 24.3. The normalized spacial score (nSPS) is 13.4. The quantitative estimate of drug-likeness (QED) is 0.334. The van der Waals surface area contributed by atoms with Crippen LogP contribution >= 0.6 is 0 Å². The molecule has 0 saturated heterocycles. The number of carbonyl (C=O) groups excluding carboxylic acids is 1. The highest BCUT2D eigenvalue weighted by atomic mass is 19.1. The highest BCUT2D eigenvalue weighted by Gasteiger charge is 2.28. The second-order valence-corrected chi connectivity index (χ2v) is 9.30. The van der Waals surface area contributed by atoms with E-state index in [-0.39, 0.29) is 11.7 Å². The zero-order valence-corrected chi connectivity index (χ0v) is 19.7. The molecule has 2 aromatic heterocycles. The van der Waals surface area contributed by atoms with Crippen LogP contribution in [-0.4, -0.2) is 33.1 Å². The first kappa shape index (κ1) is 23.7. The summed E-state index contributed by atoms with van der Waals surface area (Å²) in [5, 5.41) is 16.6. The van der Waals surface area contributed by atoms with Crippen molar-refractivity contribution in [2.24, 2.45) is 0 Å². The van der Waals surface area contributed by atoms with Gasteiger partial charge < -0.3 is 20.7 Å². The van der Waals surface area contributed by atoms with Crippen molar-refractivity contribution in [3.8, 4) is 11.3 Å². The zero-order valence-electron chi connectivity index (χ0n) is 19.7. The van der Waals surface area contributed by atoms with Crippen LogP contribution in [0, 0.1) is 5.82 Å². The van der Waals surface area contributed by atoms with Crippen LogP contribution in [0.2, 0.25) is 0 Å². The predicted molar refractivity (Wildman–Crippen MR) is 133 cm³/mol. The highest BCUT2D eigenvalue weighted by Crippen LogP contribution is 2.39. The van der Waals surface area contributed by atoms with Gasteiger partial charge in [-0.25, -0.2) is 4.39 Å². The Morgan fingerprint density at radius 1 is 1.29 bits per heavy atom. The minimum atomic E-state index is -0.815. The monoisotopic (exact) mass is 462 g/mol. The van der Waals surface area contributed by atoms with Crippen molar-refractivity contribution >= 4 is 17.3 Å². The maximum absolute atomic E-state index is 14.7. The summed E-state index contributed by atoms with van der Waals surface area (Å²) in [6.07, 6.45) is 8.26. The van der Waals surface area contributed by atoms with Crippen molar-refractivity contribution in [3.63, 3.8) is 0 Å². The Kier molecular flexibility index (Phi) is 6.84. The number of aromatic nitrogens is 2. The van der Waals surface area contributed by atoms with E-state index in [2.05, 4.69) is 27.2 Å². The van der Waals surface area contributed by atoms with Gasteiger partial charge in [-0.2, -0.15) is 0 Å². The van der Waals surface area contributed by atoms with Gasteiger partial charge in [-0.1, -0.05) is 12.1 Å². The van der Waals surface area contributed by atoms with Crippen LogP contribution in [0.4, 0.5) is 15.8 Å². The van der Waals surface area contributed by atoms with Gasteiger partial charge >= 0.3 is 0 Å². The number of aryl methyl sites for hydroxylation is 1. The molecule has 1 aliphatic heterocycles. The molecular formula is C27H31FN4O2. The minimum absolute atomic E-state index is 0.164. The first-order valence-corrected chi connectivity index (χ1v) is 11.6. The molecule has 34 heavy (non-hydrogen) atoms. The number of amides is 1. The lowest BCUT2D eigenvalue weighted by Gasteiger charge is -2.19. The molecule has 0 atom stereocenters. The number of anilines is 2. The van der Waals surface area contributed by atoms with Gasteiger partial charge in [0.15, 0.2) is 0 Å². The number of pyridine rings is 1. The molecule has 0 bridgehead atoms. The largest absolute Gasteiger partial charge is 0.390 e. The van der Waals surface area contributed by atoms with E-state index in [1.165, 1.54) is 6.07 Å². The Bertz CT molecular complexity index is 1210. The smallest absolute Gasteiger partial charge is 0.255 e. The van der Waals surface area contributed by atoms with Crippen LogP contribution in [0.5, 0.6) is 0 Å². The summed E-state index contributed by atoms with van der Waals surface area (Å²) in [5.41, 5.74) is 4.98. The lowest BCUT2D eigenvalue weighted by molar-refractivity contribution is 0.0714. The average molecular weight is 463 g/mol. The van der Waals surface area contributed by atoms with Gasteiger partial charge in [0, 0.05) is 47.9 Å². The van der Waals surface area contributed by atoms with Gasteiger partial charge in [-0.15, -0.1) is 6.58 Å². The minimum Gasteiger partial charge on any atom is -0.390 e. The second kappa shape index (κ2) is 9.81. The third-order valence-electron chi connectivity index (χ3n) is 6.12. The van der Waals surface area contributed by atoms with Gasteiger partial charge in [-0.3, -0.25) is 9.78 Å². The Morgan fingerprint density at radius 2 is 2.12 bits per heavy atom. The molecule has 178 valence electrons. The van der Waals surface area contributed by atoms with Crippen molar-refractivity contribution < 1.29 is 14.3 Å². The van der Waals surface area contributed by atoms with E-state index in [4.69, 9.17) is 0 Å². The number of rotatable bonds is 9. The van der Waals surface area contributed by atoms with E-state index in [0.29, 0.717) is 61.2 Å². The number of hydrogen-bond acceptors (Lipinski definition) is 4. The van der Waals surface area contributed by atoms with Crippen LogP contribution in [-0.2, 0) is 19.3 Å². The fraction of sp³-hybridized carbons (Fsp3) is 0.333. The van der Waals surface area contributed by atoms with E-state index in [9.17, 15) is 14.3 Å². The average Bonchev–Trinajstić information content (AvgIpc) is 3.16. The number of carbonyl (C=O) groups is 1. The summed E-state index contributed by atoms with van der Waals surface area (Å²) in [6, 6.07) is 6.84. The summed E-state index contributed by atoms with van der Waals surface area (Å²) >= 11 is 0. The predicted octanol–water partition coefficient (Wildman–Crippen LogP) is 5.07. The van der Waals surface area contributed by atoms with Crippen molar-refractivity contribution in [2.75, 3.05) is 11.9 Å². The second-order valence-electron chi connectivity index (χ2n) is 9.30. The first-order valence-electron chi connectivity index (χ1n) is 11.6. The summed E-state index contributed by atoms with van der Waals surface area (Å²) in [6.45, 7) is 7.87. The Balaban J connectivity index is 1.83. The Labute approximate surface area is 199 Å². The molecule has 0 radical (unpaired) electrons. The molecule has 0 spiro atoms. The molecule has 0 unspecified atom stereocenters. The molecule has 3 aromatic rings. The maximum atomic E-state index is 14.7. The molecule has 1 amide bonds. The van der Waals surface area contributed by atoms with Gasteiger partial charge in [0.05, 0.1) is 22.5 Å². The number of H-pyrrole nitrogens is 1. The van der Waals surface area contributed by atoms with Crippen LogP contribution in [0.1, 0.15) is 53.9 Å². The molecule has 0 aliphatic carbocycles. The number of benzene rings is 1. The van der Waals surface area contributed by atoms with Crippen molar-refractivity contribution in [1.29, 1.82) is 0 Å². The number of fused-ring (bicyclic) bond motifs is 1. The summed E-state index contributed by atoms with van der Waals surface area (Å²) in [5.74, 6) is -0.459. The SMILES string of the molecule is C=CCCc1c(F)cccc1Nc1c(-c2ccncc2CCC(C)(C)O)[nH]c2c1C(=O)NCC2. The van der Waals surface area contributed by atoms with Crippen molar-refractivity contribution in [3.05, 3.63) is 77.5 Å². The molecule has 3 heterocycles. The van der Waals surface area contributed by atoms with Crippen LogP contribution in [0.25, 0.3) is 11.3 Å². The van der Waals surface area contributed by atoms with Gasteiger partial charge in [0.1, 0.15) is 5.82 Å². The van der Waals surface area contributed by atoms with E-state index in [0.717, 1.165) is 22.5 Å². The lowest BCUT2D eigenvalue weighted by Crippen LogP contribution is -2.31. The molecule has 1 aliphatic rings. The van der Waals surface area contributed by atoms with Crippen LogP contribution < -0.4 is 10.6 Å². The molecule has 7 heteroatoms. The first-order chi connectivity index (χ1) is 16.3. The number of nitrogens with one attached hydrogen (secondary N) is 3. The van der Waals surface area contributed by atoms with Gasteiger partial charge in [0.25, 0.3) is 5.91 Å². The molecule has 0 saturated carbocycles. The molecule has 6 nitrogen and oxygen atoms in total.